The summed E-state index contributed by atoms with van der Waals surface area (Å²) in [6, 6.07) is 9.83. The highest BCUT2D eigenvalue weighted by Gasteiger charge is 2.23. The van der Waals surface area contributed by atoms with Crippen molar-refractivity contribution < 1.29 is 17.9 Å². The van der Waals surface area contributed by atoms with Crippen LogP contribution in [0.1, 0.15) is 30.5 Å². The molecule has 9 heteroatoms. The van der Waals surface area contributed by atoms with Crippen LogP contribution in [0.25, 0.3) is 0 Å². The third-order valence-electron chi connectivity index (χ3n) is 4.44. The van der Waals surface area contributed by atoms with Crippen LogP contribution < -0.4 is 14.4 Å². The Bertz CT molecular complexity index is 996. The Labute approximate surface area is 181 Å². The molecule has 0 heterocycles. The second-order valence-corrected chi connectivity index (χ2v) is 9.35. The van der Waals surface area contributed by atoms with Gasteiger partial charge in [0.15, 0.2) is 0 Å². The molecule has 6 nitrogen and oxygen atoms in total. The lowest BCUT2D eigenvalue weighted by molar-refractivity contribution is -0.120. The second-order valence-electron chi connectivity index (χ2n) is 6.63. The van der Waals surface area contributed by atoms with Crippen molar-refractivity contribution in [3.05, 3.63) is 57.6 Å². The fourth-order valence-corrected chi connectivity index (χ4v) is 4.09. The number of methoxy groups -OCH3 is 1. The number of benzene rings is 2. The van der Waals surface area contributed by atoms with E-state index in [0.717, 1.165) is 27.4 Å². The molecule has 158 valence electrons. The van der Waals surface area contributed by atoms with Crippen molar-refractivity contribution in [2.24, 2.45) is 0 Å². The van der Waals surface area contributed by atoms with E-state index in [2.05, 4.69) is 5.32 Å². The monoisotopic (exact) mass is 458 g/mol. The summed E-state index contributed by atoms with van der Waals surface area (Å²) in [5.41, 5.74) is 2.14. The number of ether oxygens (including phenoxy) is 1. The van der Waals surface area contributed by atoms with E-state index in [0.29, 0.717) is 11.4 Å². The number of nitrogens with one attached hydrogen (secondary N) is 1. The number of nitrogens with zero attached hydrogens (tertiary/aromatic N) is 1. The summed E-state index contributed by atoms with van der Waals surface area (Å²) in [6.45, 7) is 3.49. The van der Waals surface area contributed by atoms with Gasteiger partial charge in [-0.3, -0.25) is 9.10 Å². The average Bonchev–Trinajstić information content (AvgIpc) is 2.65. The average molecular weight is 459 g/mol. The highest BCUT2D eigenvalue weighted by Crippen LogP contribution is 2.29. The van der Waals surface area contributed by atoms with Crippen molar-refractivity contribution in [3.8, 4) is 5.75 Å². The number of carbonyl (C=O) groups excluding carboxylic acids is 1. The van der Waals surface area contributed by atoms with E-state index in [1.807, 2.05) is 32.0 Å². The highest BCUT2D eigenvalue weighted by atomic mass is 35.5. The molecule has 0 fully saturated rings. The molecule has 0 aromatic heterocycles. The summed E-state index contributed by atoms with van der Waals surface area (Å²) in [4.78, 5) is 12.7. The van der Waals surface area contributed by atoms with E-state index in [1.165, 1.54) is 18.2 Å². The van der Waals surface area contributed by atoms with Crippen molar-refractivity contribution in [2.45, 2.75) is 26.3 Å². The van der Waals surface area contributed by atoms with Crippen LogP contribution in [0.5, 0.6) is 5.75 Å². The first-order valence-electron chi connectivity index (χ1n) is 8.93. The van der Waals surface area contributed by atoms with Gasteiger partial charge in [-0.2, -0.15) is 0 Å². The second kappa shape index (κ2) is 9.69. The predicted molar refractivity (Wildman–Crippen MR) is 118 cm³/mol. The van der Waals surface area contributed by atoms with Crippen LogP contribution in [-0.2, 0) is 14.8 Å². The Hall–Kier alpha value is -1.96. The van der Waals surface area contributed by atoms with Crippen molar-refractivity contribution >= 4 is 44.8 Å². The Morgan fingerprint density at radius 3 is 2.38 bits per heavy atom. The van der Waals surface area contributed by atoms with E-state index in [-0.39, 0.29) is 23.3 Å². The Kier molecular flexibility index (Phi) is 7.80. The van der Waals surface area contributed by atoms with E-state index in [9.17, 15) is 13.2 Å². The SMILES string of the molecule is CC[C@H](NC(=O)CN(c1ccc(Cl)c(Cl)c1)S(C)(=O)=O)c1ccc(OC)c(C)c1. The molecule has 0 spiro atoms. The molecule has 0 saturated heterocycles. The fraction of sp³-hybridized carbons (Fsp3) is 0.350. The molecular weight excluding hydrogens is 435 g/mol. The first-order valence-corrected chi connectivity index (χ1v) is 11.5. The molecular formula is C20H24Cl2N2O4S. The highest BCUT2D eigenvalue weighted by molar-refractivity contribution is 7.92. The molecule has 0 aliphatic rings. The topological polar surface area (TPSA) is 75.7 Å². The molecule has 2 aromatic rings. The number of anilines is 1. The smallest absolute Gasteiger partial charge is 0.241 e. The van der Waals surface area contributed by atoms with E-state index >= 15 is 0 Å². The molecule has 1 N–H and O–H groups in total. The van der Waals surface area contributed by atoms with Crippen LogP contribution in [-0.4, -0.2) is 34.2 Å². The maximum Gasteiger partial charge on any atom is 0.241 e. The van der Waals surface area contributed by atoms with Crippen molar-refractivity contribution in [1.29, 1.82) is 0 Å². The molecule has 0 aliphatic heterocycles. The van der Waals surface area contributed by atoms with Gasteiger partial charge in [0.2, 0.25) is 15.9 Å². The van der Waals surface area contributed by atoms with Gasteiger partial charge in [0.05, 0.1) is 35.1 Å². The number of sulfonamides is 1. The minimum absolute atomic E-state index is 0.207. The zero-order valence-corrected chi connectivity index (χ0v) is 19.0. The lowest BCUT2D eigenvalue weighted by Gasteiger charge is -2.24. The van der Waals surface area contributed by atoms with Crippen LogP contribution in [0.4, 0.5) is 5.69 Å². The number of carbonyl (C=O) groups is 1. The molecule has 29 heavy (non-hydrogen) atoms. The fourth-order valence-electron chi connectivity index (χ4n) is 2.95. The van der Waals surface area contributed by atoms with Gasteiger partial charge in [-0.1, -0.05) is 42.3 Å². The zero-order chi connectivity index (χ0) is 21.8. The number of hydrogen-bond donors (Lipinski definition) is 1. The summed E-state index contributed by atoms with van der Waals surface area (Å²) in [6.07, 6.45) is 1.68. The van der Waals surface area contributed by atoms with Gasteiger partial charge in [0.25, 0.3) is 0 Å². The lowest BCUT2D eigenvalue weighted by atomic mass is 10.0. The summed E-state index contributed by atoms with van der Waals surface area (Å²) < 4.78 is 30.8. The van der Waals surface area contributed by atoms with Crippen LogP contribution >= 0.6 is 23.2 Å². The van der Waals surface area contributed by atoms with Gasteiger partial charge in [0.1, 0.15) is 12.3 Å². The van der Waals surface area contributed by atoms with Gasteiger partial charge >= 0.3 is 0 Å². The van der Waals surface area contributed by atoms with Crippen molar-refractivity contribution in [1.82, 2.24) is 5.32 Å². The van der Waals surface area contributed by atoms with Crippen LogP contribution in [0.3, 0.4) is 0 Å². The summed E-state index contributed by atoms with van der Waals surface area (Å²) in [7, 11) is -2.11. The number of aryl methyl sites for hydroxylation is 1. The number of halogens is 2. The number of amides is 1. The Morgan fingerprint density at radius 2 is 1.86 bits per heavy atom. The van der Waals surface area contributed by atoms with Crippen LogP contribution in [0, 0.1) is 6.92 Å². The third kappa shape index (κ3) is 6.01. The van der Waals surface area contributed by atoms with Crippen LogP contribution in [0.15, 0.2) is 36.4 Å². The van der Waals surface area contributed by atoms with Crippen LogP contribution in [0.2, 0.25) is 10.0 Å². The van der Waals surface area contributed by atoms with Crippen molar-refractivity contribution in [2.75, 3.05) is 24.2 Å². The Morgan fingerprint density at radius 1 is 1.17 bits per heavy atom. The molecule has 0 saturated carbocycles. The standard InChI is InChI=1S/C20H24Cl2N2O4S/c1-5-18(14-6-9-19(28-3)13(2)10-14)23-20(25)12-24(29(4,26)27)15-7-8-16(21)17(22)11-15/h6-11,18H,5,12H2,1-4H3,(H,23,25)/t18-/m0/s1. The minimum atomic E-state index is -3.71. The zero-order valence-electron chi connectivity index (χ0n) is 16.7. The quantitative estimate of drug-likeness (QED) is 0.637. The summed E-state index contributed by atoms with van der Waals surface area (Å²) in [5.74, 6) is 0.333. The lowest BCUT2D eigenvalue weighted by Crippen LogP contribution is -2.41. The predicted octanol–water partition coefficient (Wildman–Crippen LogP) is 4.34. The van der Waals surface area contributed by atoms with Gasteiger partial charge < -0.3 is 10.1 Å². The first kappa shape index (κ1) is 23.3. The summed E-state index contributed by atoms with van der Waals surface area (Å²) >= 11 is 11.9. The molecule has 1 atom stereocenters. The largest absolute Gasteiger partial charge is 0.496 e. The van der Waals surface area contributed by atoms with Gasteiger partial charge in [-0.25, -0.2) is 8.42 Å². The Balaban J connectivity index is 2.22. The normalized spacial score (nSPS) is 12.3. The molecule has 0 unspecified atom stereocenters. The maximum atomic E-state index is 12.7. The summed E-state index contributed by atoms with van der Waals surface area (Å²) in [5, 5.41) is 3.41. The first-order chi connectivity index (χ1) is 13.6. The molecule has 2 aromatic carbocycles. The maximum absolute atomic E-state index is 12.7. The van der Waals surface area contributed by atoms with Crippen molar-refractivity contribution in [3.63, 3.8) is 0 Å². The number of hydrogen-bond acceptors (Lipinski definition) is 4. The van der Waals surface area contributed by atoms with Gasteiger partial charge in [0, 0.05) is 0 Å². The molecule has 1 amide bonds. The van der Waals surface area contributed by atoms with Gasteiger partial charge in [-0.05, 0) is 48.7 Å². The van der Waals surface area contributed by atoms with Gasteiger partial charge in [-0.15, -0.1) is 0 Å². The third-order valence-corrected chi connectivity index (χ3v) is 6.32. The molecule has 0 radical (unpaired) electrons. The van der Waals surface area contributed by atoms with E-state index in [1.54, 1.807) is 7.11 Å². The number of rotatable bonds is 8. The molecule has 0 bridgehead atoms. The minimum Gasteiger partial charge on any atom is -0.496 e. The molecule has 2 rings (SSSR count). The molecule has 0 aliphatic carbocycles. The van der Waals surface area contributed by atoms with E-state index in [4.69, 9.17) is 27.9 Å². The van der Waals surface area contributed by atoms with E-state index < -0.39 is 15.9 Å².